The van der Waals surface area contributed by atoms with Crippen LogP contribution in [0.1, 0.15) is 46.0 Å². The molecule has 0 bridgehead atoms. The van der Waals surface area contributed by atoms with Crippen molar-refractivity contribution >= 4 is 11.8 Å². The molecule has 5 nitrogen and oxygen atoms in total. The van der Waals surface area contributed by atoms with Gasteiger partial charge in [0.2, 0.25) is 11.8 Å². The Morgan fingerprint density at radius 1 is 1.17 bits per heavy atom. The quantitative estimate of drug-likeness (QED) is 0.661. The van der Waals surface area contributed by atoms with Gasteiger partial charge in [-0.25, -0.2) is 0 Å². The highest BCUT2D eigenvalue weighted by atomic mass is 16.5. The lowest BCUT2D eigenvalue weighted by Gasteiger charge is -2.08. The maximum absolute atomic E-state index is 5.64. The van der Waals surface area contributed by atoms with Gasteiger partial charge in [0.1, 0.15) is 5.82 Å². The minimum Gasteiger partial charge on any atom is -0.477 e. The molecule has 0 aliphatic rings. The van der Waals surface area contributed by atoms with Gasteiger partial charge in [-0.15, -0.1) is 0 Å². The van der Waals surface area contributed by atoms with Crippen LogP contribution < -0.4 is 15.8 Å². The van der Waals surface area contributed by atoms with E-state index < -0.39 is 0 Å². The molecule has 0 atom stereocenters. The van der Waals surface area contributed by atoms with Crippen LogP contribution >= 0.6 is 0 Å². The standard InChI is InChI=1S/C13H24N4O/c1-3-5-6-7-9-18-12-10-11(15-8-4-2)16-13(14)17-12/h10H,3-9H2,1-2H3,(H3,14,15,16,17). The Bertz CT molecular complexity index is 344. The molecule has 1 aromatic rings. The summed E-state index contributed by atoms with van der Waals surface area (Å²) in [5, 5.41) is 3.18. The number of nitrogens with two attached hydrogens (primary N) is 1. The molecular formula is C13H24N4O. The molecule has 0 amide bonds. The Morgan fingerprint density at radius 2 is 2.00 bits per heavy atom. The summed E-state index contributed by atoms with van der Waals surface area (Å²) in [7, 11) is 0. The molecule has 0 aromatic carbocycles. The SMILES string of the molecule is CCCCCCOc1cc(NCCC)nc(N)n1. The van der Waals surface area contributed by atoms with Crippen LogP contribution in [0, 0.1) is 0 Å². The minimum atomic E-state index is 0.250. The molecule has 1 heterocycles. The van der Waals surface area contributed by atoms with Crippen LogP contribution in [0.4, 0.5) is 11.8 Å². The third kappa shape index (κ3) is 5.70. The molecule has 1 aromatic heterocycles. The van der Waals surface area contributed by atoms with Gasteiger partial charge in [-0.3, -0.25) is 0 Å². The average Bonchev–Trinajstić information content (AvgIpc) is 2.35. The van der Waals surface area contributed by atoms with Crippen LogP contribution in [-0.2, 0) is 0 Å². The van der Waals surface area contributed by atoms with Crippen molar-refractivity contribution < 1.29 is 4.74 Å². The Hall–Kier alpha value is -1.52. The predicted octanol–water partition coefficient (Wildman–Crippen LogP) is 2.84. The fourth-order valence-corrected chi connectivity index (χ4v) is 1.57. The summed E-state index contributed by atoms with van der Waals surface area (Å²) in [4.78, 5) is 8.17. The van der Waals surface area contributed by atoms with Gasteiger partial charge in [0, 0.05) is 12.6 Å². The molecule has 1 rings (SSSR count). The summed E-state index contributed by atoms with van der Waals surface area (Å²) in [5.41, 5.74) is 5.64. The first-order chi connectivity index (χ1) is 8.76. The number of anilines is 2. The van der Waals surface area contributed by atoms with E-state index >= 15 is 0 Å². The Labute approximate surface area is 109 Å². The van der Waals surface area contributed by atoms with E-state index in [0.717, 1.165) is 25.2 Å². The van der Waals surface area contributed by atoms with E-state index in [4.69, 9.17) is 10.5 Å². The van der Waals surface area contributed by atoms with Crippen LogP contribution in [-0.4, -0.2) is 23.1 Å². The second-order valence-corrected chi connectivity index (χ2v) is 4.29. The Balaban J connectivity index is 2.41. The van der Waals surface area contributed by atoms with Crippen LogP contribution in [0.15, 0.2) is 6.07 Å². The van der Waals surface area contributed by atoms with Gasteiger partial charge in [-0.1, -0.05) is 33.1 Å². The lowest BCUT2D eigenvalue weighted by Crippen LogP contribution is -2.07. The van der Waals surface area contributed by atoms with Gasteiger partial charge in [-0.2, -0.15) is 9.97 Å². The van der Waals surface area contributed by atoms with E-state index in [1.807, 2.05) is 0 Å². The van der Waals surface area contributed by atoms with Crippen molar-refractivity contribution in [3.63, 3.8) is 0 Å². The van der Waals surface area contributed by atoms with Crippen LogP contribution in [0.25, 0.3) is 0 Å². The van der Waals surface area contributed by atoms with Crippen molar-refractivity contribution in [2.24, 2.45) is 0 Å². The zero-order valence-electron chi connectivity index (χ0n) is 11.4. The number of aromatic nitrogens is 2. The number of nitrogen functional groups attached to an aromatic ring is 1. The van der Waals surface area contributed by atoms with E-state index in [2.05, 4.69) is 29.1 Å². The molecule has 0 saturated heterocycles. The molecule has 0 aliphatic carbocycles. The fourth-order valence-electron chi connectivity index (χ4n) is 1.57. The summed E-state index contributed by atoms with van der Waals surface area (Å²) < 4.78 is 5.58. The van der Waals surface area contributed by atoms with Crippen molar-refractivity contribution in [2.75, 3.05) is 24.2 Å². The third-order valence-electron chi connectivity index (χ3n) is 2.52. The molecule has 18 heavy (non-hydrogen) atoms. The van der Waals surface area contributed by atoms with E-state index in [-0.39, 0.29) is 5.95 Å². The molecule has 0 unspecified atom stereocenters. The Kier molecular flexibility index (Phi) is 6.91. The Morgan fingerprint density at radius 3 is 2.72 bits per heavy atom. The highest BCUT2D eigenvalue weighted by molar-refractivity contribution is 5.42. The first-order valence-corrected chi connectivity index (χ1v) is 6.77. The molecule has 0 aliphatic heterocycles. The van der Waals surface area contributed by atoms with Gasteiger partial charge >= 0.3 is 0 Å². The zero-order valence-corrected chi connectivity index (χ0v) is 11.4. The number of nitrogens with zero attached hydrogens (tertiary/aromatic N) is 2. The molecular weight excluding hydrogens is 228 g/mol. The summed E-state index contributed by atoms with van der Waals surface area (Å²) in [6, 6.07) is 1.80. The average molecular weight is 252 g/mol. The highest BCUT2D eigenvalue weighted by Gasteiger charge is 2.02. The zero-order chi connectivity index (χ0) is 13.2. The van der Waals surface area contributed by atoms with Crippen molar-refractivity contribution in [3.8, 4) is 5.88 Å². The normalized spacial score (nSPS) is 10.3. The minimum absolute atomic E-state index is 0.250. The lowest BCUT2D eigenvalue weighted by atomic mass is 10.2. The second kappa shape index (κ2) is 8.55. The number of rotatable bonds is 9. The smallest absolute Gasteiger partial charge is 0.225 e. The number of ether oxygens (including phenoxy) is 1. The maximum Gasteiger partial charge on any atom is 0.225 e. The second-order valence-electron chi connectivity index (χ2n) is 4.29. The molecule has 0 fully saturated rings. The van der Waals surface area contributed by atoms with E-state index in [9.17, 15) is 0 Å². The summed E-state index contributed by atoms with van der Waals surface area (Å²) in [6.07, 6.45) is 5.76. The van der Waals surface area contributed by atoms with Crippen LogP contribution in [0.2, 0.25) is 0 Å². The first kappa shape index (κ1) is 14.5. The van der Waals surface area contributed by atoms with Crippen LogP contribution in [0.5, 0.6) is 5.88 Å². The van der Waals surface area contributed by atoms with Crippen molar-refractivity contribution in [3.05, 3.63) is 6.07 Å². The largest absolute Gasteiger partial charge is 0.477 e. The predicted molar refractivity (Wildman–Crippen MR) is 74.9 cm³/mol. The number of unbranched alkanes of at least 4 members (excludes halogenated alkanes) is 3. The monoisotopic (exact) mass is 252 g/mol. The van der Waals surface area contributed by atoms with Crippen molar-refractivity contribution in [2.45, 2.75) is 46.0 Å². The van der Waals surface area contributed by atoms with Crippen molar-refractivity contribution in [1.82, 2.24) is 9.97 Å². The van der Waals surface area contributed by atoms with Crippen molar-refractivity contribution in [1.29, 1.82) is 0 Å². The molecule has 5 heteroatoms. The molecule has 0 spiro atoms. The third-order valence-corrected chi connectivity index (χ3v) is 2.52. The van der Waals surface area contributed by atoms with E-state index in [1.54, 1.807) is 6.07 Å². The van der Waals surface area contributed by atoms with Gasteiger partial charge in [0.05, 0.1) is 6.61 Å². The molecule has 3 N–H and O–H groups in total. The molecule has 0 radical (unpaired) electrons. The fraction of sp³-hybridized carbons (Fsp3) is 0.692. The molecule has 0 saturated carbocycles. The maximum atomic E-state index is 5.64. The van der Waals surface area contributed by atoms with E-state index in [0.29, 0.717) is 12.5 Å². The summed E-state index contributed by atoms with van der Waals surface area (Å²) >= 11 is 0. The van der Waals surface area contributed by atoms with Gasteiger partial charge in [0.15, 0.2) is 0 Å². The van der Waals surface area contributed by atoms with Gasteiger partial charge in [0.25, 0.3) is 0 Å². The highest BCUT2D eigenvalue weighted by Crippen LogP contribution is 2.15. The van der Waals surface area contributed by atoms with Gasteiger partial charge in [-0.05, 0) is 12.8 Å². The van der Waals surface area contributed by atoms with Crippen LogP contribution in [0.3, 0.4) is 0 Å². The number of hydrogen-bond acceptors (Lipinski definition) is 5. The topological polar surface area (TPSA) is 73.1 Å². The van der Waals surface area contributed by atoms with E-state index in [1.165, 1.54) is 19.3 Å². The van der Waals surface area contributed by atoms with Gasteiger partial charge < -0.3 is 15.8 Å². The first-order valence-electron chi connectivity index (χ1n) is 6.77. The number of nitrogens with one attached hydrogen (secondary N) is 1. The summed E-state index contributed by atoms with van der Waals surface area (Å²) in [6.45, 7) is 5.84. The number of hydrogen-bond donors (Lipinski definition) is 2. The summed E-state index contributed by atoms with van der Waals surface area (Å²) in [5.74, 6) is 1.53. The molecule has 102 valence electrons. The lowest BCUT2D eigenvalue weighted by molar-refractivity contribution is 0.294.